The van der Waals surface area contributed by atoms with Crippen molar-refractivity contribution in [3.63, 3.8) is 0 Å². The molecule has 0 radical (unpaired) electrons. The van der Waals surface area contributed by atoms with E-state index in [4.69, 9.17) is 9.47 Å². The van der Waals surface area contributed by atoms with Gasteiger partial charge in [0.2, 0.25) is 0 Å². The molecule has 0 spiro atoms. The molecule has 0 amide bonds. The minimum absolute atomic E-state index is 0.160. The number of carbonyl (C=O) groups is 1. The van der Waals surface area contributed by atoms with Gasteiger partial charge in [0.25, 0.3) is 0 Å². The van der Waals surface area contributed by atoms with Gasteiger partial charge in [-0.15, -0.1) is 0 Å². The number of carboxylic acids is 1. The Bertz CT molecular complexity index is 1230. The lowest BCUT2D eigenvalue weighted by atomic mass is 10.00. The molecule has 32 heavy (non-hydrogen) atoms. The molecule has 3 aromatic carbocycles. The average molecular weight is 428 g/mol. The summed E-state index contributed by atoms with van der Waals surface area (Å²) >= 11 is 0. The number of carboxylic acid groups (broad SMARTS) is 1. The molecular formula is C26H24N2O4. The zero-order chi connectivity index (χ0) is 21.9. The van der Waals surface area contributed by atoms with Gasteiger partial charge >= 0.3 is 5.97 Å². The fourth-order valence-corrected chi connectivity index (χ4v) is 4.12. The van der Waals surface area contributed by atoms with Crippen molar-refractivity contribution in [3.05, 3.63) is 84.1 Å². The lowest BCUT2D eigenvalue weighted by Crippen LogP contribution is -2.19. The Balaban J connectivity index is 1.45. The summed E-state index contributed by atoms with van der Waals surface area (Å²) in [5, 5.41) is 14.9. The van der Waals surface area contributed by atoms with E-state index in [2.05, 4.69) is 5.10 Å². The highest BCUT2D eigenvalue weighted by molar-refractivity contribution is 6.04. The van der Waals surface area contributed by atoms with Crippen molar-refractivity contribution in [2.24, 2.45) is 0 Å². The molecule has 0 aliphatic carbocycles. The van der Waals surface area contributed by atoms with Crippen molar-refractivity contribution >= 4 is 16.9 Å². The molecular weight excluding hydrogens is 404 g/mol. The predicted molar refractivity (Wildman–Crippen MR) is 122 cm³/mol. The van der Waals surface area contributed by atoms with Crippen LogP contribution < -0.4 is 4.74 Å². The summed E-state index contributed by atoms with van der Waals surface area (Å²) in [6, 6.07) is 21.4. The van der Waals surface area contributed by atoms with E-state index in [0.717, 1.165) is 47.2 Å². The largest absolute Gasteiger partial charge is 0.489 e. The van der Waals surface area contributed by atoms with Gasteiger partial charge < -0.3 is 14.6 Å². The van der Waals surface area contributed by atoms with Crippen molar-refractivity contribution in [2.45, 2.75) is 32.1 Å². The van der Waals surface area contributed by atoms with Crippen LogP contribution in [-0.2, 0) is 11.3 Å². The first-order valence-electron chi connectivity index (χ1n) is 10.8. The van der Waals surface area contributed by atoms with Crippen LogP contribution in [0.3, 0.4) is 0 Å². The number of ether oxygens (including phenoxy) is 2. The van der Waals surface area contributed by atoms with Crippen molar-refractivity contribution in [1.82, 2.24) is 9.78 Å². The Morgan fingerprint density at radius 3 is 2.59 bits per heavy atom. The van der Waals surface area contributed by atoms with E-state index < -0.39 is 5.97 Å². The van der Waals surface area contributed by atoms with Gasteiger partial charge in [-0.05, 0) is 60.2 Å². The molecule has 1 aliphatic heterocycles. The predicted octanol–water partition coefficient (Wildman–Crippen LogP) is 5.68. The maximum atomic E-state index is 12.0. The van der Waals surface area contributed by atoms with Crippen molar-refractivity contribution in [3.8, 4) is 16.9 Å². The van der Waals surface area contributed by atoms with Crippen LogP contribution in [0, 0.1) is 0 Å². The van der Waals surface area contributed by atoms with Gasteiger partial charge in [-0.3, -0.25) is 0 Å². The minimum Gasteiger partial charge on any atom is -0.489 e. The monoisotopic (exact) mass is 428 g/mol. The summed E-state index contributed by atoms with van der Waals surface area (Å²) in [4.78, 5) is 12.0. The highest BCUT2D eigenvalue weighted by Gasteiger charge is 2.21. The van der Waals surface area contributed by atoms with E-state index in [0.29, 0.717) is 18.6 Å². The Labute approximate surface area is 186 Å². The van der Waals surface area contributed by atoms with Crippen LogP contribution in [0.4, 0.5) is 0 Å². The third-order valence-corrected chi connectivity index (χ3v) is 5.81. The Hall–Kier alpha value is -3.64. The zero-order valence-corrected chi connectivity index (χ0v) is 17.6. The Kier molecular flexibility index (Phi) is 5.60. The number of aromatic carboxylic acids is 1. The second-order valence-corrected chi connectivity index (χ2v) is 7.97. The molecule has 1 aliphatic rings. The molecule has 6 heteroatoms. The van der Waals surface area contributed by atoms with Crippen LogP contribution in [0.1, 0.15) is 41.4 Å². The number of fused-ring (bicyclic) bond motifs is 1. The SMILES string of the molecule is O=C(O)c1cc(-c2ccc(OCc3ccccc3)cc2)cc2c1cnn2C1CCCCO1. The number of rotatable bonds is 6. The number of benzene rings is 3. The highest BCUT2D eigenvalue weighted by Crippen LogP contribution is 2.32. The van der Waals surface area contributed by atoms with Crippen LogP contribution in [0.2, 0.25) is 0 Å². The van der Waals surface area contributed by atoms with Crippen LogP contribution in [0.15, 0.2) is 72.9 Å². The minimum atomic E-state index is -0.969. The van der Waals surface area contributed by atoms with Gasteiger partial charge in [0.15, 0.2) is 6.23 Å². The molecule has 1 saturated heterocycles. The van der Waals surface area contributed by atoms with E-state index in [-0.39, 0.29) is 11.8 Å². The van der Waals surface area contributed by atoms with Crippen molar-refractivity contribution in [2.75, 3.05) is 6.61 Å². The second-order valence-electron chi connectivity index (χ2n) is 7.97. The van der Waals surface area contributed by atoms with Crippen LogP contribution in [-0.4, -0.2) is 27.5 Å². The number of aromatic nitrogens is 2. The van der Waals surface area contributed by atoms with Gasteiger partial charge in [0, 0.05) is 12.0 Å². The van der Waals surface area contributed by atoms with Gasteiger partial charge in [-0.1, -0.05) is 42.5 Å². The molecule has 1 atom stereocenters. The van der Waals surface area contributed by atoms with E-state index >= 15 is 0 Å². The fourth-order valence-electron chi connectivity index (χ4n) is 4.12. The molecule has 0 bridgehead atoms. The lowest BCUT2D eigenvalue weighted by Gasteiger charge is -2.23. The number of hydrogen-bond acceptors (Lipinski definition) is 4. The zero-order valence-electron chi connectivity index (χ0n) is 17.6. The molecule has 4 aromatic rings. The number of hydrogen-bond donors (Lipinski definition) is 1. The molecule has 2 heterocycles. The smallest absolute Gasteiger partial charge is 0.336 e. The Morgan fingerprint density at radius 2 is 1.88 bits per heavy atom. The average Bonchev–Trinajstić information content (AvgIpc) is 3.27. The standard InChI is InChI=1S/C26H24N2O4/c29-26(30)22-14-20(15-24-23(22)16-27-28(24)25-8-4-5-13-31-25)19-9-11-21(12-10-19)32-17-18-6-2-1-3-7-18/h1-3,6-7,9-12,14-16,25H,4-5,8,13,17H2,(H,29,30). The highest BCUT2D eigenvalue weighted by atomic mass is 16.5. The van der Waals surface area contributed by atoms with Crippen LogP contribution >= 0.6 is 0 Å². The molecule has 1 fully saturated rings. The van der Waals surface area contributed by atoms with Crippen LogP contribution in [0.5, 0.6) is 5.75 Å². The molecule has 5 rings (SSSR count). The van der Waals surface area contributed by atoms with Gasteiger partial charge in [0.1, 0.15) is 12.4 Å². The summed E-state index contributed by atoms with van der Waals surface area (Å²) in [5.41, 5.74) is 3.85. The summed E-state index contributed by atoms with van der Waals surface area (Å²) in [7, 11) is 0. The van der Waals surface area contributed by atoms with Gasteiger partial charge in [-0.25, -0.2) is 9.48 Å². The molecule has 1 aromatic heterocycles. The maximum absolute atomic E-state index is 12.0. The normalized spacial score (nSPS) is 16.2. The first-order chi connectivity index (χ1) is 15.7. The fraction of sp³-hybridized carbons (Fsp3) is 0.231. The quantitative estimate of drug-likeness (QED) is 0.428. The first-order valence-corrected chi connectivity index (χ1v) is 10.8. The van der Waals surface area contributed by atoms with Crippen molar-refractivity contribution < 1.29 is 19.4 Å². The third kappa shape index (κ3) is 4.09. The first kappa shape index (κ1) is 20.3. The molecule has 6 nitrogen and oxygen atoms in total. The molecule has 1 N–H and O–H groups in total. The third-order valence-electron chi connectivity index (χ3n) is 5.81. The Morgan fingerprint density at radius 1 is 1.06 bits per heavy atom. The second kappa shape index (κ2) is 8.85. The lowest BCUT2D eigenvalue weighted by molar-refractivity contribution is -0.0366. The molecule has 0 saturated carbocycles. The van der Waals surface area contributed by atoms with Gasteiger partial charge in [-0.2, -0.15) is 5.10 Å². The topological polar surface area (TPSA) is 73.6 Å². The summed E-state index contributed by atoms with van der Waals surface area (Å²) < 4.78 is 13.6. The maximum Gasteiger partial charge on any atom is 0.336 e. The van der Waals surface area contributed by atoms with E-state index in [9.17, 15) is 9.90 Å². The summed E-state index contributed by atoms with van der Waals surface area (Å²) in [6.07, 6.45) is 4.45. The van der Waals surface area contributed by atoms with Crippen LogP contribution in [0.25, 0.3) is 22.0 Å². The van der Waals surface area contributed by atoms with Crippen molar-refractivity contribution in [1.29, 1.82) is 0 Å². The summed E-state index contributed by atoms with van der Waals surface area (Å²) in [6.45, 7) is 1.19. The van der Waals surface area contributed by atoms with Gasteiger partial charge in [0.05, 0.1) is 17.3 Å². The van der Waals surface area contributed by atoms with E-state index in [1.807, 2.05) is 65.3 Å². The van der Waals surface area contributed by atoms with E-state index in [1.54, 1.807) is 12.3 Å². The summed E-state index contributed by atoms with van der Waals surface area (Å²) in [5.74, 6) is -0.207. The van der Waals surface area contributed by atoms with E-state index in [1.165, 1.54) is 0 Å². The number of nitrogens with zero attached hydrogens (tertiary/aromatic N) is 2. The molecule has 1 unspecified atom stereocenters. The molecule has 162 valence electrons.